The maximum atomic E-state index is 4.54. The normalized spacial score (nSPS) is 11.5. The summed E-state index contributed by atoms with van der Waals surface area (Å²) in [5.74, 6) is 0. The first-order valence-electron chi connectivity index (χ1n) is 5.16. The molecule has 0 saturated carbocycles. The Balaban J connectivity index is 2.28. The molecule has 4 heterocycles. The number of rotatable bonds is 0. The van der Waals surface area contributed by atoms with Gasteiger partial charge in [0.15, 0.2) is 5.65 Å². The summed E-state index contributed by atoms with van der Waals surface area (Å²) in [5, 5.41) is 3.23. The highest BCUT2D eigenvalue weighted by atomic mass is 32.1. The Morgan fingerprint density at radius 3 is 3.06 bits per heavy atom. The lowest BCUT2D eigenvalue weighted by Crippen LogP contribution is -1.84. The third kappa shape index (κ3) is 1.23. The zero-order valence-electron chi connectivity index (χ0n) is 8.66. The molecule has 0 aliphatic heterocycles. The van der Waals surface area contributed by atoms with Crippen LogP contribution in [0.4, 0.5) is 0 Å². The van der Waals surface area contributed by atoms with Gasteiger partial charge in [0, 0.05) is 28.6 Å². The van der Waals surface area contributed by atoms with Crippen molar-refractivity contribution in [3.8, 4) is 0 Å². The fraction of sp³-hybridized carbons (Fsp3) is 0. The van der Waals surface area contributed by atoms with Crippen molar-refractivity contribution in [2.24, 2.45) is 0 Å². The van der Waals surface area contributed by atoms with Gasteiger partial charge in [0.1, 0.15) is 16.0 Å². The van der Waals surface area contributed by atoms with E-state index in [4.69, 9.17) is 0 Å². The molecule has 4 aromatic heterocycles. The van der Waals surface area contributed by atoms with Crippen LogP contribution in [-0.2, 0) is 0 Å². The summed E-state index contributed by atoms with van der Waals surface area (Å²) in [6.45, 7) is 0. The average molecular weight is 238 g/mol. The first-order chi connectivity index (χ1) is 8.42. The van der Waals surface area contributed by atoms with Crippen molar-refractivity contribution in [2.75, 3.05) is 0 Å². The van der Waals surface area contributed by atoms with E-state index in [1.54, 1.807) is 23.7 Å². The summed E-state index contributed by atoms with van der Waals surface area (Å²) >= 11 is 1.59. The molecule has 4 rings (SSSR count). The second kappa shape index (κ2) is 3.18. The predicted octanol–water partition coefficient (Wildman–Crippen LogP) is 2.79. The number of pyridine rings is 2. The van der Waals surface area contributed by atoms with E-state index >= 15 is 0 Å². The predicted molar refractivity (Wildman–Crippen MR) is 68.0 cm³/mol. The molecular formula is C12H6N4S. The van der Waals surface area contributed by atoms with E-state index in [0.717, 1.165) is 31.5 Å². The minimum Gasteiger partial charge on any atom is -0.245 e. The molecule has 0 aromatic carbocycles. The molecule has 0 unspecified atom stereocenters. The first kappa shape index (κ1) is 8.95. The minimum atomic E-state index is 0.735. The summed E-state index contributed by atoms with van der Waals surface area (Å²) in [6, 6.07) is 6.09. The number of thiophene rings is 1. The van der Waals surface area contributed by atoms with Crippen LogP contribution in [0.2, 0.25) is 0 Å². The Hall–Kier alpha value is -2.14. The molecule has 0 spiro atoms. The highest BCUT2D eigenvalue weighted by Gasteiger charge is 2.08. The van der Waals surface area contributed by atoms with Crippen LogP contribution in [0.5, 0.6) is 0 Å². The van der Waals surface area contributed by atoms with Gasteiger partial charge >= 0.3 is 0 Å². The van der Waals surface area contributed by atoms with Crippen LogP contribution in [-0.4, -0.2) is 19.9 Å². The molecule has 0 N–H and O–H groups in total. The van der Waals surface area contributed by atoms with Crippen molar-refractivity contribution in [1.82, 2.24) is 19.9 Å². The fourth-order valence-corrected chi connectivity index (χ4v) is 2.94. The largest absolute Gasteiger partial charge is 0.245 e. The molecule has 80 valence electrons. The van der Waals surface area contributed by atoms with E-state index in [9.17, 15) is 0 Å². The molecule has 5 heteroatoms. The lowest BCUT2D eigenvalue weighted by molar-refractivity contribution is 1.20. The summed E-state index contributed by atoms with van der Waals surface area (Å²) in [7, 11) is 0. The van der Waals surface area contributed by atoms with Crippen LogP contribution in [0.1, 0.15) is 0 Å². The van der Waals surface area contributed by atoms with Crippen LogP contribution < -0.4 is 0 Å². The standard InChI is InChI=1S/C12H6N4S/c1-2-8-9-4-7-5-13-6-15-10(7)16-12(9)17-11(8)14-3-1/h1-6H. The zero-order chi connectivity index (χ0) is 11.2. The number of hydrogen-bond acceptors (Lipinski definition) is 5. The molecule has 0 aliphatic rings. The molecule has 0 fully saturated rings. The van der Waals surface area contributed by atoms with E-state index in [0.29, 0.717) is 0 Å². The molecule has 17 heavy (non-hydrogen) atoms. The fourth-order valence-electron chi connectivity index (χ4n) is 1.94. The molecular weight excluding hydrogens is 232 g/mol. The van der Waals surface area contributed by atoms with Gasteiger partial charge in [0.05, 0.1) is 0 Å². The molecule has 0 atom stereocenters. The highest BCUT2D eigenvalue weighted by Crippen LogP contribution is 2.32. The summed E-state index contributed by atoms with van der Waals surface area (Å²) < 4.78 is 0. The van der Waals surface area contributed by atoms with Crippen LogP contribution in [0.25, 0.3) is 31.5 Å². The molecule has 0 bridgehead atoms. The molecule has 0 radical (unpaired) electrons. The van der Waals surface area contributed by atoms with Crippen molar-refractivity contribution >= 4 is 42.8 Å². The van der Waals surface area contributed by atoms with Gasteiger partial charge < -0.3 is 0 Å². The van der Waals surface area contributed by atoms with Gasteiger partial charge in [-0.25, -0.2) is 19.9 Å². The molecule has 4 nitrogen and oxygen atoms in total. The third-order valence-electron chi connectivity index (χ3n) is 2.71. The lowest BCUT2D eigenvalue weighted by Gasteiger charge is -1.95. The Morgan fingerprint density at radius 1 is 1.06 bits per heavy atom. The maximum Gasteiger partial charge on any atom is 0.164 e. The van der Waals surface area contributed by atoms with E-state index < -0.39 is 0 Å². The van der Waals surface area contributed by atoms with Crippen LogP contribution in [0, 0.1) is 0 Å². The van der Waals surface area contributed by atoms with Gasteiger partial charge in [-0.05, 0) is 18.2 Å². The van der Waals surface area contributed by atoms with E-state index in [1.807, 2.05) is 6.07 Å². The van der Waals surface area contributed by atoms with Crippen LogP contribution in [0.3, 0.4) is 0 Å². The summed E-state index contributed by atoms with van der Waals surface area (Å²) in [4.78, 5) is 19.1. The number of fused-ring (bicyclic) bond motifs is 4. The van der Waals surface area contributed by atoms with Crippen molar-refractivity contribution in [3.05, 3.63) is 36.9 Å². The van der Waals surface area contributed by atoms with Gasteiger partial charge in [-0.15, -0.1) is 0 Å². The molecule has 0 aliphatic carbocycles. The van der Waals surface area contributed by atoms with Crippen LogP contribution >= 0.6 is 11.3 Å². The van der Waals surface area contributed by atoms with E-state index in [1.165, 1.54) is 6.33 Å². The minimum absolute atomic E-state index is 0.735. The third-order valence-corrected chi connectivity index (χ3v) is 3.73. The second-order valence-corrected chi connectivity index (χ2v) is 4.71. The van der Waals surface area contributed by atoms with Crippen molar-refractivity contribution in [3.63, 3.8) is 0 Å². The maximum absolute atomic E-state index is 4.54. The number of aromatic nitrogens is 4. The Morgan fingerprint density at radius 2 is 2.06 bits per heavy atom. The zero-order valence-corrected chi connectivity index (χ0v) is 9.48. The Labute approximate surface area is 100.0 Å². The lowest BCUT2D eigenvalue weighted by atomic mass is 10.2. The van der Waals surface area contributed by atoms with Gasteiger partial charge in [-0.3, -0.25) is 0 Å². The van der Waals surface area contributed by atoms with Crippen molar-refractivity contribution < 1.29 is 0 Å². The smallest absolute Gasteiger partial charge is 0.164 e. The summed E-state index contributed by atoms with van der Waals surface area (Å²) in [6.07, 6.45) is 5.11. The van der Waals surface area contributed by atoms with Gasteiger partial charge in [0.2, 0.25) is 0 Å². The average Bonchev–Trinajstić information content (AvgIpc) is 2.73. The van der Waals surface area contributed by atoms with Gasteiger partial charge in [-0.2, -0.15) is 0 Å². The summed E-state index contributed by atoms with van der Waals surface area (Å²) in [5.41, 5.74) is 0.735. The van der Waals surface area contributed by atoms with Gasteiger partial charge in [-0.1, -0.05) is 11.3 Å². The second-order valence-electron chi connectivity index (χ2n) is 3.73. The molecule has 0 amide bonds. The number of hydrogen-bond donors (Lipinski definition) is 0. The van der Waals surface area contributed by atoms with Crippen molar-refractivity contribution in [2.45, 2.75) is 0 Å². The quantitative estimate of drug-likeness (QED) is 0.472. The molecule has 0 saturated heterocycles. The van der Waals surface area contributed by atoms with Gasteiger partial charge in [0.25, 0.3) is 0 Å². The highest BCUT2D eigenvalue weighted by molar-refractivity contribution is 7.25. The van der Waals surface area contributed by atoms with Crippen molar-refractivity contribution in [1.29, 1.82) is 0 Å². The Kier molecular flexibility index (Phi) is 1.67. The topological polar surface area (TPSA) is 51.6 Å². The SMILES string of the molecule is c1cnc2sc3nc4ncncc4cc3c2c1. The number of nitrogens with zero attached hydrogens (tertiary/aromatic N) is 4. The monoisotopic (exact) mass is 238 g/mol. The first-order valence-corrected chi connectivity index (χ1v) is 5.97. The van der Waals surface area contributed by atoms with Crippen LogP contribution in [0.15, 0.2) is 36.9 Å². The van der Waals surface area contributed by atoms with E-state index in [-0.39, 0.29) is 0 Å². The Bertz CT molecular complexity index is 847. The molecule has 4 aromatic rings. The van der Waals surface area contributed by atoms with E-state index in [2.05, 4.69) is 32.1 Å².